The lowest BCUT2D eigenvalue weighted by molar-refractivity contribution is 1.42. The van der Waals surface area contributed by atoms with E-state index in [4.69, 9.17) is 4.99 Å². The van der Waals surface area contributed by atoms with Gasteiger partial charge in [-0.15, -0.1) is 0 Å². The van der Waals surface area contributed by atoms with Crippen molar-refractivity contribution >= 4 is 89.8 Å². The SMILES string of the molecule is C=C1c2ccccc2B2c3c1cccc3-c1ccc3cc4c5c(ccc6cc2c1c3c65)-c1cccc2c1B4c1ccccc1/C2=N/C. The summed E-state index contributed by atoms with van der Waals surface area (Å²) in [4.78, 5) is 4.86. The standard InChI is InChI=1S/C44H25B2N/c1-23-26-9-3-5-15-34(26)45-36-21-24-18-20-29-31-13-8-14-33-43(31)46(35-16-6-4-10-32(35)44(33)47-2)37-22-25-17-19-28(30-12-7-11-27(23)42(30)45)40(36)38(25)39(24)41(29)37/h3-22H,1H2,2H3/b47-44-. The van der Waals surface area contributed by atoms with Gasteiger partial charge in [0.1, 0.15) is 0 Å². The smallest absolute Gasteiger partial charge is 0.244 e. The summed E-state index contributed by atoms with van der Waals surface area (Å²) in [5.74, 6) is 0. The summed E-state index contributed by atoms with van der Waals surface area (Å²) in [5.41, 5.74) is 21.1. The largest absolute Gasteiger partial charge is 0.287 e. The maximum Gasteiger partial charge on any atom is 0.244 e. The monoisotopic (exact) mass is 589 g/mol. The lowest BCUT2D eigenvalue weighted by Crippen LogP contribution is -2.60. The predicted octanol–water partition coefficient (Wildman–Crippen LogP) is 5.73. The Labute approximate surface area is 273 Å². The minimum Gasteiger partial charge on any atom is -0.287 e. The second-order valence-corrected chi connectivity index (χ2v) is 13.7. The Morgan fingerprint density at radius 1 is 0.426 bits per heavy atom. The zero-order valence-electron chi connectivity index (χ0n) is 25.9. The molecule has 0 saturated carbocycles. The molecule has 4 aliphatic rings. The zero-order chi connectivity index (χ0) is 30.7. The number of hydrogen-bond acceptors (Lipinski definition) is 1. The fraction of sp³-hybridized carbons (Fsp3) is 0.0227. The van der Waals surface area contributed by atoms with Gasteiger partial charge in [-0.3, -0.25) is 4.99 Å². The molecule has 0 amide bonds. The Bertz CT molecular complexity index is 2840. The van der Waals surface area contributed by atoms with Crippen LogP contribution in [0.15, 0.2) is 133 Å². The lowest BCUT2D eigenvalue weighted by Gasteiger charge is -2.37. The summed E-state index contributed by atoms with van der Waals surface area (Å²) in [5, 5.41) is 8.31. The summed E-state index contributed by atoms with van der Waals surface area (Å²) < 4.78 is 0. The third-order valence-corrected chi connectivity index (χ3v) is 11.8. The number of aliphatic imine (C=N–C) groups is 1. The first kappa shape index (κ1) is 24.6. The van der Waals surface area contributed by atoms with Crippen molar-refractivity contribution in [3.63, 3.8) is 0 Å². The van der Waals surface area contributed by atoms with Crippen LogP contribution in [-0.4, -0.2) is 26.2 Å². The van der Waals surface area contributed by atoms with Crippen molar-refractivity contribution in [2.24, 2.45) is 4.99 Å². The highest BCUT2D eigenvalue weighted by atomic mass is 14.7. The van der Waals surface area contributed by atoms with Crippen molar-refractivity contribution in [2.75, 3.05) is 7.05 Å². The second kappa shape index (κ2) is 8.18. The van der Waals surface area contributed by atoms with Gasteiger partial charge in [0.05, 0.1) is 5.71 Å². The number of benzene rings is 8. The number of nitrogens with zero attached hydrogens (tertiary/aromatic N) is 1. The highest BCUT2D eigenvalue weighted by Gasteiger charge is 2.42. The van der Waals surface area contributed by atoms with Crippen LogP contribution in [-0.2, 0) is 0 Å². The third kappa shape index (κ3) is 2.69. The maximum absolute atomic E-state index is 4.86. The Kier molecular flexibility index (Phi) is 4.28. The van der Waals surface area contributed by atoms with Crippen LogP contribution in [0.2, 0.25) is 0 Å². The molecule has 4 heterocycles. The molecule has 1 nitrogen and oxygen atoms in total. The first-order valence-electron chi connectivity index (χ1n) is 16.6. The van der Waals surface area contributed by atoms with Crippen LogP contribution < -0.4 is 32.8 Å². The third-order valence-electron chi connectivity index (χ3n) is 11.8. The van der Waals surface area contributed by atoms with E-state index < -0.39 is 0 Å². The van der Waals surface area contributed by atoms with Gasteiger partial charge < -0.3 is 0 Å². The fourth-order valence-corrected chi connectivity index (χ4v) is 10.2. The van der Waals surface area contributed by atoms with Crippen LogP contribution in [0.3, 0.4) is 0 Å². The van der Waals surface area contributed by atoms with E-state index in [1.807, 2.05) is 7.05 Å². The van der Waals surface area contributed by atoms with Gasteiger partial charge in [0, 0.05) is 7.05 Å². The molecule has 47 heavy (non-hydrogen) atoms. The van der Waals surface area contributed by atoms with Gasteiger partial charge in [0.15, 0.2) is 0 Å². The van der Waals surface area contributed by atoms with Crippen LogP contribution in [0, 0.1) is 0 Å². The average molecular weight is 589 g/mol. The molecule has 8 aromatic carbocycles. The van der Waals surface area contributed by atoms with Crippen molar-refractivity contribution in [3.05, 3.63) is 150 Å². The molecular formula is C44H25B2N. The van der Waals surface area contributed by atoms with E-state index in [-0.39, 0.29) is 13.4 Å². The van der Waals surface area contributed by atoms with Gasteiger partial charge in [-0.2, -0.15) is 0 Å². The van der Waals surface area contributed by atoms with Gasteiger partial charge in [-0.25, -0.2) is 0 Å². The Morgan fingerprint density at radius 2 is 0.915 bits per heavy atom. The van der Waals surface area contributed by atoms with Crippen LogP contribution in [0.25, 0.3) is 60.1 Å². The molecule has 0 fully saturated rings. The molecule has 8 aromatic rings. The average Bonchev–Trinajstić information content (AvgIpc) is 3.12. The van der Waals surface area contributed by atoms with Crippen LogP contribution in [0.5, 0.6) is 0 Å². The van der Waals surface area contributed by atoms with Crippen molar-refractivity contribution in [3.8, 4) is 22.3 Å². The van der Waals surface area contributed by atoms with Crippen molar-refractivity contribution < 1.29 is 0 Å². The van der Waals surface area contributed by atoms with Gasteiger partial charge in [-0.1, -0.05) is 161 Å². The summed E-state index contributed by atoms with van der Waals surface area (Å²) in [6.45, 7) is 4.95. The maximum atomic E-state index is 4.86. The predicted molar refractivity (Wildman–Crippen MR) is 203 cm³/mol. The van der Waals surface area contributed by atoms with Crippen LogP contribution in [0.1, 0.15) is 22.3 Å². The summed E-state index contributed by atoms with van der Waals surface area (Å²) in [6, 6.07) is 46.2. The molecule has 0 aliphatic carbocycles. The molecule has 0 bridgehead atoms. The zero-order valence-corrected chi connectivity index (χ0v) is 25.9. The minimum absolute atomic E-state index is 0.163. The number of fused-ring (bicyclic) bond motifs is 8. The Hall–Kier alpha value is -5.66. The quantitative estimate of drug-likeness (QED) is 0.158. The highest BCUT2D eigenvalue weighted by molar-refractivity contribution is 7.02. The highest BCUT2D eigenvalue weighted by Crippen LogP contribution is 2.45. The molecule has 0 spiro atoms. The van der Waals surface area contributed by atoms with E-state index in [1.165, 1.54) is 110 Å². The van der Waals surface area contributed by atoms with E-state index in [2.05, 4.69) is 128 Å². The minimum atomic E-state index is 0.163. The molecule has 0 unspecified atom stereocenters. The Morgan fingerprint density at radius 3 is 1.53 bits per heavy atom. The molecular weight excluding hydrogens is 564 g/mol. The molecule has 212 valence electrons. The molecule has 3 heteroatoms. The molecule has 0 N–H and O–H groups in total. The van der Waals surface area contributed by atoms with Crippen LogP contribution in [0.4, 0.5) is 0 Å². The number of hydrogen-bond donors (Lipinski definition) is 0. The van der Waals surface area contributed by atoms with E-state index in [1.54, 1.807) is 0 Å². The molecule has 4 aliphatic heterocycles. The van der Waals surface area contributed by atoms with Gasteiger partial charge in [0.25, 0.3) is 0 Å². The first-order valence-corrected chi connectivity index (χ1v) is 16.6. The van der Waals surface area contributed by atoms with E-state index >= 15 is 0 Å². The summed E-state index contributed by atoms with van der Waals surface area (Å²) >= 11 is 0. The van der Waals surface area contributed by atoms with Crippen LogP contribution >= 0.6 is 0 Å². The first-order chi connectivity index (χ1) is 23.2. The van der Waals surface area contributed by atoms with Gasteiger partial charge >= 0.3 is 0 Å². The summed E-state index contributed by atoms with van der Waals surface area (Å²) in [6.07, 6.45) is 0. The molecule has 0 saturated heterocycles. The normalized spacial score (nSPS) is 15.3. The Balaban J connectivity index is 1.27. The van der Waals surface area contributed by atoms with Gasteiger partial charge in [0.2, 0.25) is 13.4 Å². The molecule has 0 aromatic heterocycles. The van der Waals surface area contributed by atoms with Gasteiger partial charge in [-0.05, 0) is 82.4 Å². The fourth-order valence-electron chi connectivity index (χ4n) is 10.2. The van der Waals surface area contributed by atoms with E-state index in [0.717, 1.165) is 11.3 Å². The topological polar surface area (TPSA) is 12.4 Å². The molecule has 0 atom stereocenters. The van der Waals surface area contributed by atoms with E-state index in [0.29, 0.717) is 0 Å². The van der Waals surface area contributed by atoms with E-state index in [9.17, 15) is 0 Å². The lowest BCUT2D eigenvalue weighted by atomic mass is 9.30. The van der Waals surface area contributed by atoms with Crippen molar-refractivity contribution in [2.45, 2.75) is 0 Å². The van der Waals surface area contributed by atoms with Crippen molar-refractivity contribution in [1.82, 2.24) is 0 Å². The second-order valence-electron chi connectivity index (χ2n) is 13.7. The summed E-state index contributed by atoms with van der Waals surface area (Å²) in [7, 11) is 1.93. The number of rotatable bonds is 0. The molecule has 0 radical (unpaired) electrons. The van der Waals surface area contributed by atoms with Crippen molar-refractivity contribution in [1.29, 1.82) is 0 Å². The molecule has 12 rings (SSSR count).